The fourth-order valence-corrected chi connectivity index (χ4v) is 3.46. The van der Waals surface area contributed by atoms with E-state index in [-0.39, 0.29) is 5.82 Å². The van der Waals surface area contributed by atoms with E-state index in [9.17, 15) is 4.39 Å². The second kappa shape index (κ2) is 9.20. The molecule has 0 aliphatic carbocycles. The predicted octanol–water partition coefficient (Wildman–Crippen LogP) is 6.03. The van der Waals surface area contributed by atoms with Gasteiger partial charge in [0.2, 0.25) is 0 Å². The summed E-state index contributed by atoms with van der Waals surface area (Å²) in [7, 11) is 0. The van der Waals surface area contributed by atoms with Crippen LogP contribution in [0.15, 0.2) is 66.9 Å². The Kier molecular flexibility index (Phi) is 6.69. The van der Waals surface area contributed by atoms with E-state index in [1.807, 2.05) is 18.3 Å². The van der Waals surface area contributed by atoms with Gasteiger partial charge in [0.15, 0.2) is 0 Å². The van der Waals surface area contributed by atoms with Gasteiger partial charge < -0.3 is 4.57 Å². The molecule has 3 heteroatoms. The van der Waals surface area contributed by atoms with Gasteiger partial charge in [-0.15, -0.1) is 0 Å². The molecule has 0 aliphatic heterocycles. The molecule has 0 saturated heterocycles. The molecule has 1 heterocycles. The number of halogens is 1. The third-order valence-corrected chi connectivity index (χ3v) is 5.63. The first-order chi connectivity index (χ1) is 13.4. The molecule has 1 aromatic heterocycles. The lowest BCUT2D eigenvalue weighted by molar-refractivity contribution is 0.148. The van der Waals surface area contributed by atoms with Crippen molar-refractivity contribution in [3.8, 4) is 0 Å². The van der Waals surface area contributed by atoms with E-state index in [0.29, 0.717) is 18.5 Å². The molecule has 0 radical (unpaired) electrons. The van der Waals surface area contributed by atoms with Crippen molar-refractivity contribution in [1.82, 2.24) is 9.47 Å². The average molecular weight is 379 g/mol. The molecule has 3 rings (SSSR count). The van der Waals surface area contributed by atoms with E-state index in [0.717, 1.165) is 18.7 Å². The molecule has 3 aromatic rings. The quantitative estimate of drug-likeness (QED) is 0.464. The minimum absolute atomic E-state index is 0.144. The number of hydrogen-bond donors (Lipinski definition) is 0. The maximum atomic E-state index is 14.1. The van der Waals surface area contributed by atoms with Gasteiger partial charge in [-0.3, -0.25) is 4.90 Å². The van der Waals surface area contributed by atoms with Crippen molar-refractivity contribution in [1.29, 1.82) is 0 Å². The van der Waals surface area contributed by atoms with Crippen LogP contribution in [0, 0.1) is 18.7 Å². The van der Waals surface area contributed by atoms with E-state index in [1.165, 1.54) is 22.9 Å². The van der Waals surface area contributed by atoms with Crippen LogP contribution < -0.4 is 0 Å². The number of rotatable bonds is 8. The maximum absolute atomic E-state index is 14.1. The molecule has 0 aliphatic rings. The van der Waals surface area contributed by atoms with Gasteiger partial charge in [-0.1, -0.05) is 61.9 Å². The number of hydrogen-bond acceptors (Lipinski definition) is 1. The zero-order valence-corrected chi connectivity index (χ0v) is 17.4. The molecule has 2 nitrogen and oxygen atoms in total. The lowest BCUT2D eigenvalue weighted by Crippen LogP contribution is -2.36. The predicted molar refractivity (Wildman–Crippen MR) is 115 cm³/mol. The molecule has 0 unspecified atom stereocenters. The highest BCUT2D eigenvalue weighted by Crippen LogP contribution is 2.20. The van der Waals surface area contributed by atoms with Gasteiger partial charge in [0.05, 0.1) is 6.54 Å². The van der Waals surface area contributed by atoms with Gasteiger partial charge >= 0.3 is 0 Å². The second-order valence-corrected chi connectivity index (χ2v) is 8.09. The van der Waals surface area contributed by atoms with E-state index >= 15 is 0 Å². The number of benzene rings is 2. The normalized spacial score (nSPS) is 12.7. The Balaban J connectivity index is 1.80. The lowest BCUT2D eigenvalue weighted by atomic mass is 10.0. The zero-order chi connectivity index (χ0) is 20.1. The van der Waals surface area contributed by atoms with E-state index in [2.05, 4.69) is 73.6 Å². The van der Waals surface area contributed by atoms with Crippen molar-refractivity contribution in [3.63, 3.8) is 0 Å². The van der Waals surface area contributed by atoms with Crippen LogP contribution in [0.4, 0.5) is 4.39 Å². The van der Waals surface area contributed by atoms with Crippen LogP contribution in [0.3, 0.4) is 0 Å². The Morgan fingerprint density at radius 2 is 1.61 bits per heavy atom. The molecule has 148 valence electrons. The Morgan fingerprint density at radius 1 is 0.893 bits per heavy atom. The fraction of sp³-hybridized carbons (Fsp3) is 0.360. The molecule has 0 amide bonds. The summed E-state index contributed by atoms with van der Waals surface area (Å²) in [4.78, 5) is 2.52. The first-order valence-corrected chi connectivity index (χ1v) is 10.1. The van der Waals surface area contributed by atoms with Crippen molar-refractivity contribution >= 4 is 0 Å². The Labute approximate surface area is 168 Å². The number of aryl methyl sites for hydroxylation is 1. The molecule has 0 fully saturated rings. The van der Waals surface area contributed by atoms with E-state index < -0.39 is 0 Å². The van der Waals surface area contributed by atoms with Crippen molar-refractivity contribution in [3.05, 3.63) is 95.1 Å². The topological polar surface area (TPSA) is 8.17 Å². The molecular weight excluding hydrogens is 347 g/mol. The summed E-state index contributed by atoms with van der Waals surface area (Å²) in [5.41, 5.74) is 4.54. The zero-order valence-electron chi connectivity index (χ0n) is 17.4. The van der Waals surface area contributed by atoms with Crippen LogP contribution in [0.1, 0.15) is 43.2 Å². The highest BCUT2D eigenvalue weighted by molar-refractivity contribution is 5.22. The summed E-state index contributed by atoms with van der Waals surface area (Å²) < 4.78 is 16.3. The van der Waals surface area contributed by atoms with Gasteiger partial charge in [0.1, 0.15) is 5.82 Å². The van der Waals surface area contributed by atoms with Crippen LogP contribution in [0.5, 0.6) is 0 Å². The first kappa shape index (κ1) is 20.3. The van der Waals surface area contributed by atoms with Crippen molar-refractivity contribution in [2.75, 3.05) is 0 Å². The summed E-state index contributed by atoms with van der Waals surface area (Å²) in [5.74, 6) is 0.412. The third-order valence-electron chi connectivity index (χ3n) is 5.63. The fourth-order valence-electron chi connectivity index (χ4n) is 3.46. The monoisotopic (exact) mass is 378 g/mol. The van der Waals surface area contributed by atoms with Crippen LogP contribution >= 0.6 is 0 Å². The summed E-state index contributed by atoms with van der Waals surface area (Å²) in [6, 6.07) is 20.5. The van der Waals surface area contributed by atoms with Gasteiger partial charge in [-0.05, 0) is 43.5 Å². The second-order valence-electron chi connectivity index (χ2n) is 8.09. The van der Waals surface area contributed by atoms with Crippen LogP contribution in [0.25, 0.3) is 0 Å². The van der Waals surface area contributed by atoms with Gasteiger partial charge in [0.25, 0.3) is 0 Å². The highest BCUT2D eigenvalue weighted by atomic mass is 19.1. The van der Waals surface area contributed by atoms with Gasteiger partial charge in [-0.2, -0.15) is 0 Å². The SMILES string of the molecule is Cc1ccc(CN(Cc2cccn2Cc2ccccc2F)[C@@H](C)C(C)C)cc1. The Morgan fingerprint density at radius 3 is 2.29 bits per heavy atom. The minimum Gasteiger partial charge on any atom is -0.346 e. The molecular formula is C25H31FN2. The molecule has 1 atom stereocenters. The van der Waals surface area contributed by atoms with Crippen molar-refractivity contribution in [2.45, 2.75) is 53.4 Å². The number of nitrogens with zero attached hydrogens (tertiary/aromatic N) is 2. The minimum atomic E-state index is -0.144. The lowest BCUT2D eigenvalue weighted by Gasteiger charge is -2.32. The van der Waals surface area contributed by atoms with Crippen LogP contribution in [-0.4, -0.2) is 15.5 Å². The third kappa shape index (κ3) is 5.11. The molecule has 28 heavy (non-hydrogen) atoms. The smallest absolute Gasteiger partial charge is 0.128 e. The summed E-state index contributed by atoms with van der Waals surface area (Å²) >= 11 is 0. The highest BCUT2D eigenvalue weighted by Gasteiger charge is 2.19. The molecule has 0 saturated carbocycles. The standard InChI is InChI=1S/C25H31FN2/c1-19(2)21(4)28(16-22-13-11-20(3)12-14-22)18-24-9-7-15-27(24)17-23-8-5-6-10-25(23)26/h5-15,19,21H,16-18H2,1-4H3/t21-/m0/s1. The largest absolute Gasteiger partial charge is 0.346 e. The number of aromatic nitrogens is 1. The summed E-state index contributed by atoms with van der Waals surface area (Å²) in [6.45, 7) is 11.3. The van der Waals surface area contributed by atoms with Gasteiger partial charge in [-0.25, -0.2) is 4.39 Å². The maximum Gasteiger partial charge on any atom is 0.128 e. The average Bonchev–Trinajstić information content (AvgIpc) is 3.11. The Hall–Kier alpha value is -2.39. The summed E-state index contributed by atoms with van der Waals surface area (Å²) in [6.07, 6.45) is 2.05. The molecule has 2 aromatic carbocycles. The van der Waals surface area contributed by atoms with E-state index in [1.54, 1.807) is 6.07 Å². The summed E-state index contributed by atoms with van der Waals surface area (Å²) in [5, 5.41) is 0. The molecule has 0 N–H and O–H groups in total. The van der Waals surface area contributed by atoms with E-state index in [4.69, 9.17) is 0 Å². The van der Waals surface area contributed by atoms with Gasteiger partial charge in [0, 0.05) is 36.6 Å². The van der Waals surface area contributed by atoms with Crippen LogP contribution in [-0.2, 0) is 19.6 Å². The molecule has 0 spiro atoms. The van der Waals surface area contributed by atoms with Crippen molar-refractivity contribution in [2.24, 2.45) is 5.92 Å². The first-order valence-electron chi connectivity index (χ1n) is 10.1. The van der Waals surface area contributed by atoms with Crippen LogP contribution in [0.2, 0.25) is 0 Å². The molecule has 0 bridgehead atoms. The Bertz CT molecular complexity index is 880. The van der Waals surface area contributed by atoms with Crippen molar-refractivity contribution < 1.29 is 4.39 Å².